The van der Waals surface area contributed by atoms with E-state index in [2.05, 4.69) is 5.32 Å². The van der Waals surface area contributed by atoms with E-state index in [0.717, 1.165) is 31.9 Å². The molecule has 1 aromatic rings. The molecule has 27 heavy (non-hydrogen) atoms. The van der Waals surface area contributed by atoms with Gasteiger partial charge in [-0.3, -0.25) is 19.3 Å². The number of carbonyl (C=O) groups excluding carboxylic acids is 3. The summed E-state index contributed by atoms with van der Waals surface area (Å²) in [4.78, 5) is 38.3. The van der Waals surface area contributed by atoms with Crippen molar-refractivity contribution < 1.29 is 22.8 Å². The Morgan fingerprint density at radius 2 is 1.78 bits per heavy atom. The molecule has 2 aliphatic rings. The summed E-state index contributed by atoms with van der Waals surface area (Å²) >= 11 is 6.02. The van der Waals surface area contributed by atoms with Gasteiger partial charge in [-0.2, -0.15) is 0 Å². The van der Waals surface area contributed by atoms with Crippen molar-refractivity contribution in [2.75, 3.05) is 18.1 Å². The molecule has 0 spiro atoms. The fourth-order valence-electron chi connectivity index (χ4n) is 3.71. The summed E-state index contributed by atoms with van der Waals surface area (Å²) in [5.74, 6) is -1.30. The summed E-state index contributed by atoms with van der Waals surface area (Å²) in [6.45, 7) is 0.0138. The van der Waals surface area contributed by atoms with Crippen LogP contribution in [0, 0.1) is 11.8 Å². The van der Waals surface area contributed by atoms with Crippen LogP contribution >= 0.6 is 11.6 Å². The summed E-state index contributed by atoms with van der Waals surface area (Å²) in [6.07, 6.45) is 4.34. The van der Waals surface area contributed by atoms with Gasteiger partial charge in [-0.1, -0.05) is 24.4 Å². The third kappa shape index (κ3) is 4.16. The van der Waals surface area contributed by atoms with E-state index in [4.69, 9.17) is 11.6 Å². The number of likely N-dealkylation sites (tertiary alicyclic amines) is 1. The maximum absolute atomic E-state index is 12.4. The number of hydrogen-bond acceptors (Lipinski definition) is 5. The summed E-state index contributed by atoms with van der Waals surface area (Å²) in [5.41, 5.74) is 0.178. The quantitative estimate of drug-likeness (QED) is 0.747. The van der Waals surface area contributed by atoms with Gasteiger partial charge in [0.25, 0.3) is 0 Å². The Labute approximate surface area is 163 Å². The molecule has 0 aromatic heterocycles. The minimum Gasteiger partial charge on any atom is -0.325 e. The van der Waals surface area contributed by atoms with Crippen LogP contribution in [0.1, 0.15) is 32.1 Å². The van der Waals surface area contributed by atoms with Crippen molar-refractivity contribution in [3.05, 3.63) is 23.2 Å². The smallest absolute Gasteiger partial charge is 0.233 e. The highest BCUT2D eigenvalue weighted by Gasteiger charge is 2.47. The van der Waals surface area contributed by atoms with Gasteiger partial charge in [-0.15, -0.1) is 0 Å². The maximum Gasteiger partial charge on any atom is 0.233 e. The second-order valence-electron chi connectivity index (χ2n) is 7.04. The zero-order valence-electron chi connectivity index (χ0n) is 14.9. The molecular weight excluding hydrogens is 392 g/mol. The standard InChI is InChI=1S/C18H21ClN2O5S/c1-27(25,26)11-6-7-14(19)15(10-11)20-16(22)8-9-21-17(23)12-4-2-3-5-13(12)18(21)24/h6-7,10,12-13H,2-5,8-9H2,1H3,(H,20,22)/t12-,13-/m0/s1. The van der Waals surface area contributed by atoms with Gasteiger partial charge in [0.1, 0.15) is 0 Å². The Morgan fingerprint density at radius 1 is 1.19 bits per heavy atom. The number of benzene rings is 1. The monoisotopic (exact) mass is 412 g/mol. The van der Waals surface area contributed by atoms with Crippen molar-refractivity contribution in [2.24, 2.45) is 11.8 Å². The van der Waals surface area contributed by atoms with Crippen LogP contribution in [0.15, 0.2) is 23.1 Å². The average Bonchev–Trinajstić information content (AvgIpc) is 2.85. The molecule has 2 atom stereocenters. The molecule has 0 unspecified atom stereocenters. The highest BCUT2D eigenvalue weighted by Crippen LogP contribution is 2.38. The number of carbonyl (C=O) groups is 3. The zero-order valence-corrected chi connectivity index (χ0v) is 16.5. The summed E-state index contributed by atoms with van der Waals surface area (Å²) in [6, 6.07) is 4.04. The van der Waals surface area contributed by atoms with Gasteiger partial charge in [-0.05, 0) is 31.0 Å². The number of fused-ring (bicyclic) bond motifs is 1. The Kier molecular flexibility index (Phi) is 5.58. The third-order valence-electron chi connectivity index (χ3n) is 5.13. The molecule has 146 valence electrons. The van der Waals surface area contributed by atoms with E-state index in [1.165, 1.54) is 23.1 Å². The average molecular weight is 413 g/mol. The first-order valence-electron chi connectivity index (χ1n) is 8.83. The van der Waals surface area contributed by atoms with E-state index in [0.29, 0.717) is 0 Å². The molecule has 3 rings (SSSR count). The number of amides is 3. The lowest BCUT2D eigenvalue weighted by molar-refractivity contribution is -0.140. The number of nitrogens with one attached hydrogen (secondary N) is 1. The Hall–Kier alpha value is -1.93. The van der Waals surface area contributed by atoms with Gasteiger partial charge in [0, 0.05) is 19.2 Å². The number of anilines is 1. The highest BCUT2D eigenvalue weighted by molar-refractivity contribution is 7.90. The number of nitrogens with zero attached hydrogens (tertiary/aromatic N) is 1. The molecule has 1 heterocycles. The summed E-state index contributed by atoms with van der Waals surface area (Å²) < 4.78 is 23.3. The lowest BCUT2D eigenvalue weighted by Gasteiger charge is -2.19. The fourth-order valence-corrected chi connectivity index (χ4v) is 4.52. The van der Waals surface area contributed by atoms with Crippen LogP contribution in [0.25, 0.3) is 0 Å². The highest BCUT2D eigenvalue weighted by atomic mass is 35.5. The first-order chi connectivity index (χ1) is 12.7. The second kappa shape index (κ2) is 7.59. The number of hydrogen-bond donors (Lipinski definition) is 1. The van der Waals surface area contributed by atoms with Crippen LogP contribution in [0.3, 0.4) is 0 Å². The SMILES string of the molecule is CS(=O)(=O)c1ccc(Cl)c(NC(=O)CCN2C(=O)[C@H]3CCCC[C@@H]3C2=O)c1. The molecule has 1 N–H and O–H groups in total. The molecule has 1 saturated heterocycles. The zero-order chi connectivity index (χ0) is 19.8. The molecule has 9 heteroatoms. The van der Waals surface area contributed by atoms with Crippen LogP contribution in [0.4, 0.5) is 5.69 Å². The number of sulfone groups is 1. The largest absolute Gasteiger partial charge is 0.325 e. The Bertz CT molecular complexity index is 875. The summed E-state index contributed by atoms with van der Waals surface area (Å²) in [5, 5.41) is 2.76. The van der Waals surface area contributed by atoms with Gasteiger partial charge in [0.15, 0.2) is 9.84 Å². The van der Waals surface area contributed by atoms with Gasteiger partial charge < -0.3 is 5.32 Å². The van der Waals surface area contributed by atoms with Crippen molar-refractivity contribution in [2.45, 2.75) is 37.0 Å². The molecule has 1 aliphatic heterocycles. The number of halogens is 1. The molecule has 1 aliphatic carbocycles. The third-order valence-corrected chi connectivity index (χ3v) is 6.57. The summed E-state index contributed by atoms with van der Waals surface area (Å²) in [7, 11) is -3.44. The maximum atomic E-state index is 12.4. The molecule has 1 aromatic carbocycles. The lowest BCUT2D eigenvalue weighted by Crippen LogP contribution is -2.34. The Morgan fingerprint density at radius 3 is 2.33 bits per heavy atom. The van der Waals surface area contributed by atoms with Crippen molar-refractivity contribution >= 4 is 44.8 Å². The van der Waals surface area contributed by atoms with Gasteiger partial charge in [0.2, 0.25) is 17.7 Å². The van der Waals surface area contributed by atoms with Crippen molar-refractivity contribution in [1.82, 2.24) is 4.90 Å². The van der Waals surface area contributed by atoms with Crippen molar-refractivity contribution in [3.8, 4) is 0 Å². The van der Waals surface area contributed by atoms with Crippen LogP contribution in [0.5, 0.6) is 0 Å². The first kappa shape index (κ1) is 19.8. The van der Waals surface area contributed by atoms with E-state index >= 15 is 0 Å². The number of imide groups is 1. The van der Waals surface area contributed by atoms with Crippen molar-refractivity contribution in [3.63, 3.8) is 0 Å². The van der Waals surface area contributed by atoms with E-state index in [-0.39, 0.29) is 52.2 Å². The van der Waals surface area contributed by atoms with E-state index in [1.807, 2.05) is 0 Å². The molecule has 2 fully saturated rings. The first-order valence-corrected chi connectivity index (χ1v) is 11.1. The van der Waals surface area contributed by atoms with Crippen LogP contribution in [-0.4, -0.2) is 43.8 Å². The minimum atomic E-state index is -3.44. The van der Waals surface area contributed by atoms with E-state index < -0.39 is 15.7 Å². The minimum absolute atomic E-state index is 0.0138. The molecular formula is C18H21ClN2O5S. The molecule has 3 amide bonds. The number of rotatable bonds is 5. The molecule has 7 nitrogen and oxygen atoms in total. The van der Waals surface area contributed by atoms with Gasteiger partial charge in [0.05, 0.1) is 27.4 Å². The molecule has 1 saturated carbocycles. The van der Waals surface area contributed by atoms with E-state index in [1.54, 1.807) is 0 Å². The predicted molar refractivity (Wildman–Crippen MR) is 100.0 cm³/mol. The van der Waals surface area contributed by atoms with Crippen LogP contribution in [0.2, 0.25) is 5.02 Å². The van der Waals surface area contributed by atoms with Gasteiger partial charge >= 0.3 is 0 Å². The van der Waals surface area contributed by atoms with E-state index in [9.17, 15) is 22.8 Å². The lowest BCUT2D eigenvalue weighted by atomic mass is 9.81. The fraction of sp³-hybridized carbons (Fsp3) is 0.500. The molecule has 0 radical (unpaired) electrons. The normalized spacial score (nSPS) is 22.7. The predicted octanol–water partition coefficient (Wildman–Crippen LogP) is 2.25. The Balaban J connectivity index is 1.64. The van der Waals surface area contributed by atoms with Crippen LogP contribution < -0.4 is 5.32 Å². The van der Waals surface area contributed by atoms with Crippen LogP contribution in [-0.2, 0) is 24.2 Å². The van der Waals surface area contributed by atoms with Gasteiger partial charge in [-0.25, -0.2) is 8.42 Å². The second-order valence-corrected chi connectivity index (χ2v) is 9.46. The molecule has 0 bridgehead atoms. The topological polar surface area (TPSA) is 101 Å². The van der Waals surface area contributed by atoms with Crippen molar-refractivity contribution in [1.29, 1.82) is 0 Å².